The van der Waals surface area contributed by atoms with Crippen LogP contribution in [0.1, 0.15) is 24.2 Å². The van der Waals surface area contributed by atoms with E-state index in [1.54, 1.807) is 12.1 Å². The number of ether oxygens (including phenoxy) is 1. The van der Waals surface area contributed by atoms with Crippen molar-refractivity contribution >= 4 is 5.91 Å². The smallest absolute Gasteiger partial charge is 0.251 e. The second-order valence-electron chi connectivity index (χ2n) is 7.17. The van der Waals surface area contributed by atoms with Gasteiger partial charge in [0.05, 0.1) is 20.6 Å². The van der Waals surface area contributed by atoms with Crippen LogP contribution in [-0.2, 0) is 0 Å². The van der Waals surface area contributed by atoms with Crippen LogP contribution >= 0.6 is 0 Å². The SMILES string of the molecule is C[NH+](C)CC(C)(C)CNC(=O)c1cccc(Oc2ccccc2)c1. The van der Waals surface area contributed by atoms with Crippen molar-refractivity contribution in [1.29, 1.82) is 0 Å². The molecule has 0 aliphatic carbocycles. The molecule has 0 atom stereocenters. The number of carbonyl (C=O) groups is 1. The summed E-state index contributed by atoms with van der Waals surface area (Å²) >= 11 is 0. The highest BCUT2D eigenvalue weighted by Crippen LogP contribution is 2.22. The van der Waals surface area contributed by atoms with Crippen LogP contribution in [0.5, 0.6) is 11.5 Å². The zero-order chi connectivity index (χ0) is 17.6. The molecule has 0 saturated carbocycles. The molecule has 0 aromatic heterocycles. The second-order valence-corrected chi connectivity index (χ2v) is 7.17. The number of amides is 1. The van der Waals surface area contributed by atoms with Crippen LogP contribution in [0.25, 0.3) is 0 Å². The summed E-state index contributed by atoms with van der Waals surface area (Å²) < 4.78 is 5.78. The summed E-state index contributed by atoms with van der Waals surface area (Å²) in [7, 11) is 4.24. The fraction of sp³-hybridized carbons (Fsp3) is 0.350. The first-order chi connectivity index (χ1) is 11.4. The van der Waals surface area contributed by atoms with Gasteiger partial charge in [0, 0.05) is 17.5 Å². The van der Waals surface area contributed by atoms with E-state index in [1.165, 1.54) is 4.90 Å². The van der Waals surface area contributed by atoms with E-state index >= 15 is 0 Å². The van der Waals surface area contributed by atoms with Gasteiger partial charge in [0.2, 0.25) is 0 Å². The minimum absolute atomic E-state index is 0.0483. The summed E-state index contributed by atoms with van der Waals surface area (Å²) in [5.74, 6) is 1.34. The van der Waals surface area contributed by atoms with Crippen LogP contribution < -0.4 is 15.0 Å². The third kappa shape index (κ3) is 5.70. The minimum Gasteiger partial charge on any atom is -0.457 e. The molecule has 0 fully saturated rings. The molecule has 0 spiro atoms. The van der Waals surface area contributed by atoms with E-state index in [2.05, 4.69) is 33.3 Å². The molecule has 0 saturated heterocycles. The van der Waals surface area contributed by atoms with Crippen molar-refractivity contribution < 1.29 is 14.4 Å². The van der Waals surface area contributed by atoms with E-state index in [-0.39, 0.29) is 11.3 Å². The minimum atomic E-state index is -0.0738. The number of nitrogens with one attached hydrogen (secondary N) is 2. The van der Waals surface area contributed by atoms with Gasteiger partial charge >= 0.3 is 0 Å². The van der Waals surface area contributed by atoms with Crippen molar-refractivity contribution in [3.63, 3.8) is 0 Å². The van der Waals surface area contributed by atoms with Gasteiger partial charge in [-0.15, -0.1) is 0 Å². The highest BCUT2D eigenvalue weighted by molar-refractivity contribution is 5.94. The maximum atomic E-state index is 12.4. The Labute approximate surface area is 144 Å². The molecule has 2 aromatic rings. The third-order valence-electron chi connectivity index (χ3n) is 3.63. The van der Waals surface area contributed by atoms with Crippen LogP contribution in [0.2, 0.25) is 0 Å². The second kappa shape index (κ2) is 7.97. The van der Waals surface area contributed by atoms with Gasteiger partial charge in [0.15, 0.2) is 0 Å². The Morgan fingerprint density at radius 3 is 2.38 bits per heavy atom. The number of quaternary nitrogens is 1. The average molecular weight is 327 g/mol. The van der Waals surface area contributed by atoms with E-state index < -0.39 is 0 Å². The first-order valence-corrected chi connectivity index (χ1v) is 8.26. The molecule has 4 nitrogen and oxygen atoms in total. The summed E-state index contributed by atoms with van der Waals surface area (Å²) in [4.78, 5) is 13.8. The van der Waals surface area contributed by atoms with Gasteiger partial charge in [0.25, 0.3) is 5.91 Å². The standard InChI is InChI=1S/C20H26N2O2/c1-20(2,15-22(3)4)14-21-19(23)16-9-8-12-18(13-16)24-17-10-6-5-7-11-17/h5-13H,14-15H2,1-4H3,(H,21,23)/p+1. The Bertz CT molecular complexity index is 666. The predicted octanol–water partition coefficient (Wildman–Crippen LogP) is 2.38. The number of rotatable bonds is 7. The van der Waals surface area contributed by atoms with Gasteiger partial charge in [0.1, 0.15) is 11.5 Å². The zero-order valence-electron chi connectivity index (χ0n) is 14.9. The van der Waals surface area contributed by atoms with Crippen LogP contribution in [0, 0.1) is 5.41 Å². The Morgan fingerprint density at radius 2 is 1.71 bits per heavy atom. The van der Waals surface area contributed by atoms with Crippen LogP contribution in [0.15, 0.2) is 54.6 Å². The fourth-order valence-electron chi connectivity index (χ4n) is 2.77. The van der Waals surface area contributed by atoms with E-state index in [9.17, 15) is 4.79 Å². The number of carbonyl (C=O) groups excluding carboxylic acids is 1. The lowest BCUT2D eigenvalue weighted by Crippen LogP contribution is -3.07. The lowest BCUT2D eigenvalue weighted by molar-refractivity contribution is -0.865. The molecule has 0 unspecified atom stereocenters. The quantitative estimate of drug-likeness (QED) is 0.820. The number of para-hydroxylation sites is 1. The lowest BCUT2D eigenvalue weighted by Gasteiger charge is -2.26. The molecular formula is C20H27N2O2+. The molecule has 0 aliphatic heterocycles. The molecule has 1 amide bonds. The maximum Gasteiger partial charge on any atom is 0.251 e. The maximum absolute atomic E-state index is 12.4. The van der Waals surface area contributed by atoms with E-state index in [0.717, 1.165) is 12.3 Å². The predicted molar refractivity (Wildman–Crippen MR) is 96.7 cm³/mol. The average Bonchev–Trinajstić information content (AvgIpc) is 2.53. The van der Waals surface area contributed by atoms with Crippen molar-refractivity contribution in [2.24, 2.45) is 5.41 Å². The molecule has 2 N–H and O–H groups in total. The Balaban J connectivity index is 1.99. The molecule has 2 aromatic carbocycles. The zero-order valence-corrected chi connectivity index (χ0v) is 14.9. The molecule has 2 rings (SSSR count). The first kappa shape index (κ1) is 18.0. The van der Waals surface area contributed by atoms with Gasteiger partial charge < -0.3 is 15.0 Å². The Morgan fingerprint density at radius 1 is 1.04 bits per heavy atom. The summed E-state index contributed by atoms with van der Waals surface area (Å²) in [6.07, 6.45) is 0. The topological polar surface area (TPSA) is 42.8 Å². The Hall–Kier alpha value is -2.33. The molecule has 128 valence electrons. The van der Waals surface area contributed by atoms with Crippen molar-refractivity contribution in [3.8, 4) is 11.5 Å². The van der Waals surface area contributed by atoms with Crippen LogP contribution in [-0.4, -0.2) is 33.1 Å². The molecule has 4 heteroatoms. The van der Waals surface area contributed by atoms with Crippen LogP contribution in [0.3, 0.4) is 0 Å². The third-order valence-corrected chi connectivity index (χ3v) is 3.63. The van der Waals surface area contributed by atoms with Crippen molar-refractivity contribution in [3.05, 3.63) is 60.2 Å². The molecule has 24 heavy (non-hydrogen) atoms. The summed E-state index contributed by atoms with van der Waals surface area (Å²) in [5.41, 5.74) is 0.656. The van der Waals surface area contributed by atoms with Gasteiger partial charge in [-0.05, 0) is 30.3 Å². The molecule has 0 heterocycles. The van der Waals surface area contributed by atoms with Crippen molar-refractivity contribution in [1.82, 2.24) is 5.32 Å². The first-order valence-electron chi connectivity index (χ1n) is 8.26. The summed E-state index contributed by atoms with van der Waals surface area (Å²) in [6, 6.07) is 16.8. The monoisotopic (exact) mass is 327 g/mol. The Kier molecular flexibility index (Phi) is 5.99. The number of benzene rings is 2. The largest absolute Gasteiger partial charge is 0.457 e. The van der Waals surface area contributed by atoms with Gasteiger partial charge in [-0.2, -0.15) is 0 Å². The van der Waals surface area contributed by atoms with E-state index in [1.807, 2.05) is 42.5 Å². The fourth-order valence-corrected chi connectivity index (χ4v) is 2.77. The summed E-state index contributed by atoms with van der Waals surface area (Å²) in [6.45, 7) is 5.95. The van der Waals surface area contributed by atoms with Crippen LogP contribution in [0.4, 0.5) is 0 Å². The van der Waals surface area contributed by atoms with Crippen molar-refractivity contribution in [2.75, 3.05) is 27.2 Å². The summed E-state index contributed by atoms with van der Waals surface area (Å²) in [5, 5.41) is 3.03. The lowest BCUT2D eigenvalue weighted by atomic mass is 9.93. The van der Waals surface area contributed by atoms with Gasteiger partial charge in [-0.3, -0.25) is 4.79 Å². The van der Waals surface area contributed by atoms with E-state index in [4.69, 9.17) is 4.74 Å². The van der Waals surface area contributed by atoms with Crippen molar-refractivity contribution in [2.45, 2.75) is 13.8 Å². The normalized spacial score (nSPS) is 11.4. The molecule has 0 bridgehead atoms. The highest BCUT2D eigenvalue weighted by atomic mass is 16.5. The number of hydrogen-bond donors (Lipinski definition) is 2. The van der Waals surface area contributed by atoms with Gasteiger partial charge in [-0.1, -0.05) is 38.1 Å². The molecular weight excluding hydrogens is 300 g/mol. The highest BCUT2D eigenvalue weighted by Gasteiger charge is 2.22. The number of hydrogen-bond acceptors (Lipinski definition) is 2. The van der Waals surface area contributed by atoms with E-state index in [0.29, 0.717) is 17.9 Å². The van der Waals surface area contributed by atoms with Gasteiger partial charge in [-0.25, -0.2) is 0 Å². The molecule has 0 aliphatic rings. The molecule has 0 radical (unpaired) electrons.